The van der Waals surface area contributed by atoms with E-state index in [2.05, 4.69) is 5.43 Å². The maximum Gasteiger partial charge on any atom is 0.490 e. The van der Waals surface area contributed by atoms with E-state index < -0.39 is 18.2 Å². The molecule has 12 heteroatoms. The fraction of sp³-hybridized carbons (Fsp3) is 0.438. The van der Waals surface area contributed by atoms with Gasteiger partial charge < -0.3 is 10.0 Å². The number of rotatable bonds is 4. The Morgan fingerprint density at radius 1 is 1.25 bits per heavy atom. The molecule has 0 aliphatic carbocycles. The normalized spacial score (nSPS) is 21.1. The van der Waals surface area contributed by atoms with Crippen LogP contribution in [0.2, 0.25) is 0 Å². The summed E-state index contributed by atoms with van der Waals surface area (Å²) in [6.07, 6.45) is -3.75. The van der Waals surface area contributed by atoms with Crippen molar-refractivity contribution in [2.45, 2.75) is 37.7 Å². The molecule has 2 fully saturated rings. The van der Waals surface area contributed by atoms with Gasteiger partial charge in [0.25, 0.3) is 5.91 Å². The largest absolute Gasteiger partial charge is 0.490 e. The summed E-state index contributed by atoms with van der Waals surface area (Å²) < 4.78 is 31.7. The summed E-state index contributed by atoms with van der Waals surface area (Å²) in [5, 5.41) is 8.52. The number of aliphatic carboxylic acids is 1. The number of halogens is 3. The lowest BCUT2D eigenvalue weighted by Gasteiger charge is -2.28. The first-order valence-corrected chi connectivity index (χ1v) is 8.22. The number of fused-ring (bicyclic) bond motifs is 2. The number of alkyl halides is 3. The van der Waals surface area contributed by atoms with Crippen LogP contribution < -0.4 is 11.3 Å². The van der Waals surface area contributed by atoms with E-state index in [-0.39, 0.29) is 18.0 Å². The number of hydrogen-bond acceptors (Lipinski definition) is 5. The second-order valence-electron chi connectivity index (χ2n) is 6.08. The summed E-state index contributed by atoms with van der Waals surface area (Å²) in [5.74, 6) is 2.08. The Kier molecular flexibility index (Phi) is 6.80. The third kappa shape index (κ3) is 5.10. The number of benzene rings is 1. The molecule has 3 amide bonds. The van der Waals surface area contributed by atoms with Gasteiger partial charge in [-0.15, -0.1) is 0 Å². The van der Waals surface area contributed by atoms with Crippen molar-refractivity contribution < 1.29 is 37.5 Å². The molecule has 1 aromatic rings. The van der Waals surface area contributed by atoms with Crippen LogP contribution in [0.4, 0.5) is 18.0 Å². The van der Waals surface area contributed by atoms with Crippen LogP contribution in [0.3, 0.4) is 0 Å². The summed E-state index contributed by atoms with van der Waals surface area (Å²) in [6.45, 7) is 0.844. The van der Waals surface area contributed by atoms with E-state index in [1.54, 1.807) is 0 Å². The monoisotopic (exact) mass is 404 g/mol. The zero-order chi connectivity index (χ0) is 20.9. The van der Waals surface area contributed by atoms with Crippen molar-refractivity contribution in [3.63, 3.8) is 0 Å². The fourth-order valence-corrected chi connectivity index (χ4v) is 2.89. The summed E-state index contributed by atoms with van der Waals surface area (Å²) in [4.78, 5) is 40.1. The predicted molar refractivity (Wildman–Crippen MR) is 88.0 cm³/mol. The number of urea groups is 1. The topological polar surface area (TPSA) is 125 Å². The van der Waals surface area contributed by atoms with Gasteiger partial charge in [-0.1, -0.05) is 30.3 Å². The molecule has 2 aliphatic rings. The van der Waals surface area contributed by atoms with E-state index in [9.17, 15) is 22.8 Å². The smallest absolute Gasteiger partial charge is 0.475 e. The molecule has 154 valence electrons. The lowest BCUT2D eigenvalue weighted by Crippen LogP contribution is -2.51. The second kappa shape index (κ2) is 8.89. The molecule has 0 unspecified atom stereocenters. The number of carbonyl (C=O) groups is 3. The first-order chi connectivity index (χ1) is 13.1. The third-order valence-corrected chi connectivity index (χ3v) is 4.22. The summed E-state index contributed by atoms with van der Waals surface area (Å²) in [6, 6.07) is 8.91. The maximum absolute atomic E-state index is 12.3. The van der Waals surface area contributed by atoms with Gasteiger partial charge in [0.2, 0.25) is 0 Å². The van der Waals surface area contributed by atoms with E-state index in [1.165, 1.54) is 9.96 Å². The molecule has 2 aliphatic heterocycles. The van der Waals surface area contributed by atoms with E-state index in [0.29, 0.717) is 19.6 Å². The van der Waals surface area contributed by atoms with E-state index in [0.717, 1.165) is 12.0 Å². The molecule has 2 bridgehead atoms. The van der Waals surface area contributed by atoms with Gasteiger partial charge >= 0.3 is 18.2 Å². The number of hydrogen-bond donors (Lipinski definition) is 3. The van der Waals surface area contributed by atoms with E-state index in [1.807, 2.05) is 30.3 Å². The van der Waals surface area contributed by atoms with Crippen LogP contribution in [0.5, 0.6) is 0 Å². The Balaban J connectivity index is 0.000000345. The van der Waals surface area contributed by atoms with Crippen LogP contribution in [0.15, 0.2) is 30.3 Å². The highest BCUT2D eigenvalue weighted by atomic mass is 19.4. The van der Waals surface area contributed by atoms with Gasteiger partial charge in [0.15, 0.2) is 0 Å². The van der Waals surface area contributed by atoms with Crippen molar-refractivity contribution in [3.8, 4) is 0 Å². The third-order valence-electron chi connectivity index (χ3n) is 4.22. The summed E-state index contributed by atoms with van der Waals surface area (Å²) >= 11 is 0. The number of hydrazine groups is 1. The Morgan fingerprint density at radius 3 is 2.39 bits per heavy atom. The zero-order valence-electron chi connectivity index (χ0n) is 14.6. The predicted octanol–water partition coefficient (Wildman–Crippen LogP) is 1.01. The van der Waals surface area contributed by atoms with Gasteiger partial charge in [-0.05, 0) is 18.4 Å². The van der Waals surface area contributed by atoms with Gasteiger partial charge in [0.05, 0.1) is 6.04 Å². The number of carboxylic acids is 1. The lowest BCUT2D eigenvalue weighted by atomic mass is 10.0. The van der Waals surface area contributed by atoms with Crippen LogP contribution in [0, 0.1) is 0 Å². The quantitative estimate of drug-likeness (QED) is 0.391. The van der Waals surface area contributed by atoms with Gasteiger partial charge in [0.1, 0.15) is 12.6 Å². The molecule has 2 heterocycles. The molecule has 2 saturated heterocycles. The number of nitrogens with one attached hydrogen (secondary N) is 1. The number of piperidine rings is 1. The minimum Gasteiger partial charge on any atom is -0.475 e. The molecule has 0 radical (unpaired) electrons. The van der Waals surface area contributed by atoms with Crippen molar-refractivity contribution >= 4 is 17.9 Å². The number of nitrogens with two attached hydrogens (primary N) is 1. The molecular formula is C16H19F3N4O5. The number of carboxylic acid groups (broad SMARTS) is 1. The lowest BCUT2D eigenvalue weighted by molar-refractivity contribution is -0.192. The summed E-state index contributed by atoms with van der Waals surface area (Å²) in [7, 11) is 0. The molecule has 2 atom stereocenters. The highest BCUT2D eigenvalue weighted by Gasteiger charge is 2.47. The molecule has 0 spiro atoms. The van der Waals surface area contributed by atoms with Crippen LogP contribution >= 0.6 is 0 Å². The van der Waals surface area contributed by atoms with Gasteiger partial charge in [-0.2, -0.15) is 18.2 Å². The molecule has 28 heavy (non-hydrogen) atoms. The number of amides is 3. The number of nitrogens with zero attached hydrogens (tertiary/aromatic N) is 2. The SMILES string of the molecule is NNC(=O)[C@@H]1CC[C@@H]2CN1C(=O)N2OCc1ccccc1.O=C(O)C(F)(F)F. The molecule has 4 N–H and O–H groups in total. The average molecular weight is 404 g/mol. The van der Waals surface area contributed by atoms with Crippen LogP contribution in [0.25, 0.3) is 0 Å². The maximum atomic E-state index is 12.3. The second-order valence-corrected chi connectivity index (χ2v) is 6.08. The number of carbonyl (C=O) groups excluding carboxylic acids is 2. The van der Waals surface area contributed by atoms with Gasteiger partial charge in [0, 0.05) is 6.54 Å². The highest BCUT2D eigenvalue weighted by Crippen LogP contribution is 2.30. The van der Waals surface area contributed by atoms with Crippen LogP contribution in [0.1, 0.15) is 18.4 Å². The molecule has 0 saturated carbocycles. The Labute approximate surface area is 157 Å². The van der Waals surface area contributed by atoms with Crippen LogP contribution in [-0.2, 0) is 21.0 Å². The van der Waals surface area contributed by atoms with Crippen molar-refractivity contribution in [1.29, 1.82) is 0 Å². The molecule has 0 aromatic heterocycles. The highest BCUT2D eigenvalue weighted by molar-refractivity contribution is 5.88. The van der Waals surface area contributed by atoms with Crippen molar-refractivity contribution in [3.05, 3.63) is 35.9 Å². The minimum absolute atomic E-state index is 0.00281. The summed E-state index contributed by atoms with van der Waals surface area (Å²) in [5.41, 5.74) is 3.12. The molecular weight excluding hydrogens is 385 g/mol. The first kappa shape index (κ1) is 21.4. The Bertz CT molecular complexity index is 716. The zero-order valence-corrected chi connectivity index (χ0v) is 14.6. The van der Waals surface area contributed by atoms with E-state index in [4.69, 9.17) is 20.6 Å². The van der Waals surface area contributed by atoms with Gasteiger partial charge in [-0.25, -0.2) is 15.4 Å². The number of hydroxylamine groups is 2. The van der Waals surface area contributed by atoms with E-state index >= 15 is 0 Å². The molecule has 9 nitrogen and oxygen atoms in total. The Morgan fingerprint density at radius 2 is 1.86 bits per heavy atom. The molecule has 1 aromatic carbocycles. The van der Waals surface area contributed by atoms with Crippen LogP contribution in [-0.4, -0.2) is 57.8 Å². The fourth-order valence-electron chi connectivity index (χ4n) is 2.89. The Hall–Kier alpha value is -2.86. The van der Waals surface area contributed by atoms with Crippen molar-refractivity contribution in [2.24, 2.45) is 5.84 Å². The van der Waals surface area contributed by atoms with Crippen molar-refractivity contribution in [1.82, 2.24) is 15.4 Å². The minimum atomic E-state index is -5.08. The molecule has 3 rings (SSSR count). The average Bonchev–Trinajstić information content (AvgIpc) is 2.90. The van der Waals surface area contributed by atoms with Crippen molar-refractivity contribution in [2.75, 3.05) is 6.54 Å². The van der Waals surface area contributed by atoms with Gasteiger partial charge in [-0.3, -0.25) is 15.1 Å². The first-order valence-electron chi connectivity index (χ1n) is 8.22. The standard InChI is InChI=1S/C14H18N4O3.C2HF3O2/c15-16-13(19)12-7-6-11-8-17(12)14(20)18(11)21-9-10-4-2-1-3-5-10;3-2(4,5)1(6)7/h1-5,11-12H,6-9,15H2,(H,16,19);(H,6,7)/t11-,12+;/m1./s1.